The minimum atomic E-state index is -0.783. The smallest absolute Gasteiger partial charge is 0.249 e. The second-order valence-corrected chi connectivity index (χ2v) is 13.9. The highest BCUT2D eigenvalue weighted by Crippen LogP contribution is 2.27. The normalized spacial score (nSPS) is 21.7. The molecule has 0 aromatic heterocycles. The summed E-state index contributed by atoms with van der Waals surface area (Å²) >= 11 is 0. The highest BCUT2D eigenvalue weighted by atomic mass is 16.3. The maximum absolute atomic E-state index is 14.1. The van der Waals surface area contributed by atoms with Crippen molar-refractivity contribution in [3.05, 3.63) is 11.6 Å². The summed E-state index contributed by atoms with van der Waals surface area (Å²) in [6.45, 7) is 16.1. The molecule has 43 heavy (non-hydrogen) atoms. The van der Waals surface area contributed by atoms with Crippen molar-refractivity contribution >= 4 is 23.6 Å². The van der Waals surface area contributed by atoms with E-state index < -0.39 is 48.7 Å². The van der Waals surface area contributed by atoms with Gasteiger partial charge in [0.15, 0.2) is 0 Å². The zero-order chi connectivity index (χ0) is 32.6. The third-order valence-corrected chi connectivity index (χ3v) is 8.75. The van der Waals surface area contributed by atoms with Crippen LogP contribution in [0, 0.1) is 11.3 Å². The van der Waals surface area contributed by atoms with E-state index in [4.69, 9.17) is 0 Å². The van der Waals surface area contributed by atoms with Crippen LogP contribution in [0.5, 0.6) is 0 Å². The Morgan fingerprint density at radius 2 is 1.49 bits per heavy atom. The lowest BCUT2D eigenvalue weighted by Crippen LogP contribution is -2.60. The van der Waals surface area contributed by atoms with Crippen molar-refractivity contribution in [2.75, 3.05) is 33.4 Å². The van der Waals surface area contributed by atoms with Gasteiger partial charge in [-0.15, -0.1) is 0 Å². The van der Waals surface area contributed by atoms with Gasteiger partial charge in [0.25, 0.3) is 0 Å². The molecule has 0 spiro atoms. The van der Waals surface area contributed by atoms with Crippen molar-refractivity contribution in [2.24, 2.45) is 11.3 Å². The van der Waals surface area contributed by atoms with Gasteiger partial charge in [0.2, 0.25) is 23.6 Å². The molecule has 2 aliphatic heterocycles. The lowest BCUT2D eigenvalue weighted by atomic mass is 9.84. The van der Waals surface area contributed by atoms with Crippen LogP contribution < -0.4 is 10.6 Å². The summed E-state index contributed by atoms with van der Waals surface area (Å²) < 4.78 is 0. The zero-order valence-electron chi connectivity index (χ0n) is 27.9. The van der Waals surface area contributed by atoms with E-state index in [0.29, 0.717) is 25.0 Å². The minimum absolute atomic E-state index is 0.0321. The van der Waals surface area contributed by atoms with Gasteiger partial charge in [0, 0.05) is 25.2 Å². The number of carbonyl (C=O) groups is 4. The van der Waals surface area contributed by atoms with Gasteiger partial charge in [-0.3, -0.25) is 24.1 Å². The number of nitrogens with zero attached hydrogens (tertiary/aromatic N) is 3. The zero-order valence-corrected chi connectivity index (χ0v) is 27.9. The summed E-state index contributed by atoms with van der Waals surface area (Å²) in [5, 5.41) is 24.4. The molecule has 0 aromatic carbocycles. The number of hydrogen-bond acceptors (Lipinski definition) is 7. The predicted molar refractivity (Wildman–Crippen MR) is 167 cm³/mol. The molecule has 4 atom stereocenters. The number of carbonyl (C=O) groups excluding carboxylic acids is 4. The quantitative estimate of drug-likeness (QED) is 0.247. The van der Waals surface area contributed by atoms with E-state index >= 15 is 0 Å². The fraction of sp³-hybridized carbons (Fsp3) is 0.812. The van der Waals surface area contributed by atoms with Gasteiger partial charge >= 0.3 is 0 Å². The molecule has 246 valence electrons. The highest BCUT2D eigenvalue weighted by molar-refractivity contribution is 5.97. The first kappa shape index (κ1) is 36.7. The third-order valence-electron chi connectivity index (χ3n) is 8.75. The first-order chi connectivity index (χ1) is 20.0. The molecular formula is C32H57N5O6. The summed E-state index contributed by atoms with van der Waals surface area (Å²) in [5.41, 5.74) is -0.129. The molecule has 0 aliphatic carbocycles. The number of aliphatic hydroxyl groups excluding tert-OH is 2. The number of hydrogen-bond donors (Lipinski definition) is 4. The SMILES string of the molecule is C/C(=C\[C@H](C(C)C)N(C)C(=O)[C@@H](NC(=O)[C@H]1CCCCN1C(C)C)C(C)(C)C)C(=O)N1CCCC1C(=O)NC(CO)CO. The predicted octanol–water partition coefficient (Wildman–Crippen LogP) is 1.67. The molecule has 4 N–H and O–H groups in total. The number of amides is 4. The maximum atomic E-state index is 14.1. The van der Waals surface area contributed by atoms with Crippen LogP contribution in [-0.2, 0) is 19.2 Å². The molecule has 2 rings (SSSR count). The number of likely N-dealkylation sites (tertiary alicyclic amines) is 2. The molecule has 2 aliphatic rings. The first-order valence-corrected chi connectivity index (χ1v) is 15.9. The van der Waals surface area contributed by atoms with Gasteiger partial charge in [-0.25, -0.2) is 0 Å². The fourth-order valence-electron chi connectivity index (χ4n) is 6.13. The second kappa shape index (κ2) is 16.0. The standard InChI is InChI=1S/C32H57N5O6/c1-20(2)26(17-22(5)30(42)37-16-12-14-25(37)28(40)33-23(18-38)19-39)35(9)31(43)27(32(6,7)8)34-29(41)24-13-10-11-15-36(24)21(3)4/h17,20-21,23-27,38-39H,10-16,18-19H2,1-9H3,(H,33,40)(H,34,41)/b22-17+/t24-,25?,26-,27-/m1/s1. The van der Waals surface area contributed by atoms with Crippen molar-refractivity contribution in [3.63, 3.8) is 0 Å². The van der Waals surface area contributed by atoms with Crippen LogP contribution in [0.3, 0.4) is 0 Å². The van der Waals surface area contributed by atoms with Gasteiger partial charge in [0.05, 0.1) is 31.3 Å². The Balaban J connectivity index is 2.26. The monoisotopic (exact) mass is 607 g/mol. The third kappa shape index (κ3) is 9.49. The van der Waals surface area contributed by atoms with Crippen LogP contribution in [-0.4, -0.2) is 118 Å². The first-order valence-electron chi connectivity index (χ1n) is 15.9. The lowest BCUT2D eigenvalue weighted by molar-refractivity contribution is -0.142. The van der Waals surface area contributed by atoms with Gasteiger partial charge in [-0.1, -0.05) is 47.1 Å². The molecule has 2 saturated heterocycles. The van der Waals surface area contributed by atoms with E-state index in [-0.39, 0.29) is 35.7 Å². The Morgan fingerprint density at radius 1 is 0.907 bits per heavy atom. The summed E-state index contributed by atoms with van der Waals surface area (Å²) in [7, 11) is 1.71. The second-order valence-electron chi connectivity index (χ2n) is 13.9. The number of likely N-dealkylation sites (N-methyl/N-ethyl adjacent to an activating group) is 1. The van der Waals surface area contributed by atoms with Gasteiger partial charge in [0.1, 0.15) is 12.1 Å². The largest absolute Gasteiger partial charge is 0.394 e. The summed E-state index contributed by atoms with van der Waals surface area (Å²) in [6, 6.07) is -2.71. The molecule has 11 heteroatoms. The summed E-state index contributed by atoms with van der Waals surface area (Å²) in [6.07, 6.45) is 5.73. The minimum Gasteiger partial charge on any atom is -0.394 e. The average molecular weight is 608 g/mol. The van der Waals surface area contributed by atoms with E-state index in [1.165, 1.54) is 4.90 Å². The van der Waals surface area contributed by atoms with Crippen LogP contribution in [0.25, 0.3) is 0 Å². The Kier molecular flexibility index (Phi) is 13.6. The number of aliphatic hydroxyl groups is 2. The molecule has 0 saturated carbocycles. The fourth-order valence-corrected chi connectivity index (χ4v) is 6.13. The summed E-state index contributed by atoms with van der Waals surface area (Å²) in [5.74, 6) is -1.07. The molecule has 0 aromatic rings. The molecule has 0 radical (unpaired) electrons. The van der Waals surface area contributed by atoms with Crippen LogP contribution in [0.1, 0.15) is 87.5 Å². The highest BCUT2D eigenvalue weighted by Gasteiger charge is 2.40. The molecule has 2 fully saturated rings. The van der Waals surface area contributed by atoms with Crippen LogP contribution >= 0.6 is 0 Å². The van der Waals surface area contributed by atoms with Crippen molar-refractivity contribution in [1.29, 1.82) is 0 Å². The number of piperidine rings is 1. The Hall–Kier alpha value is -2.50. The van der Waals surface area contributed by atoms with E-state index in [1.54, 1.807) is 24.9 Å². The molecular weight excluding hydrogens is 550 g/mol. The van der Waals surface area contributed by atoms with Gasteiger partial charge < -0.3 is 30.6 Å². The lowest BCUT2D eigenvalue weighted by Gasteiger charge is -2.41. The van der Waals surface area contributed by atoms with E-state index in [1.807, 2.05) is 34.6 Å². The molecule has 2 heterocycles. The van der Waals surface area contributed by atoms with E-state index in [0.717, 1.165) is 25.8 Å². The molecule has 1 unspecified atom stereocenters. The maximum Gasteiger partial charge on any atom is 0.249 e. The van der Waals surface area contributed by atoms with Crippen molar-refractivity contribution in [3.8, 4) is 0 Å². The molecule has 11 nitrogen and oxygen atoms in total. The molecule has 4 amide bonds. The Morgan fingerprint density at radius 3 is 2.02 bits per heavy atom. The van der Waals surface area contributed by atoms with Crippen LogP contribution in [0.2, 0.25) is 0 Å². The van der Waals surface area contributed by atoms with Crippen LogP contribution in [0.4, 0.5) is 0 Å². The van der Waals surface area contributed by atoms with E-state index in [9.17, 15) is 29.4 Å². The van der Waals surface area contributed by atoms with Gasteiger partial charge in [-0.05, 0) is 64.3 Å². The average Bonchev–Trinajstić information content (AvgIpc) is 3.45. The van der Waals surface area contributed by atoms with Crippen molar-refractivity contribution < 1.29 is 29.4 Å². The van der Waals surface area contributed by atoms with E-state index in [2.05, 4.69) is 29.4 Å². The van der Waals surface area contributed by atoms with Gasteiger partial charge in [-0.2, -0.15) is 0 Å². The molecule has 0 bridgehead atoms. The van der Waals surface area contributed by atoms with Crippen LogP contribution in [0.15, 0.2) is 11.6 Å². The topological polar surface area (TPSA) is 143 Å². The number of nitrogens with one attached hydrogen (secondary N) is 2. The number of rotatable bonds is 12. The van der Waals surface area contributed by atoms with Crippen molar-refractivity contribution in [2.45, 2.75) is 124 Å². The Bertz CT molecular complexity index is 1000. The summed E-state index contributed by atoms with van der Waals surface area (Å²) in [4.78, 5) is 59.4. The van der Waals surface area contributed by atoms with Crippen molar-refractivity contribution in [1.82, 2.24) is 25.3 Å². The Labute approximate surface area is 258 Å².